The molecule has 1 aliphatic heterocycles. The SMILES string of the molecule is OOB(OO)c1c(F)ccc2cnn(C3CCCCO3)c12. The van der Waals surface area contributed by atoms with Gasteiger partial charge in [0.1, 0.15) is 5.82 Å². The minimum absolute atomic E-state index is 0.135. The number of fused-ring (bicyclic) bond motifs is 1. The van der Waals surface area contributed by atoms with Gasteiger partial charge in [0.25, 0.3) is 0 Å². The summed E-state index contributed by atoms with van der Waals surface area (Å²) in [6.07, 6.45) is 3.93. The second-order valence-corrected chi connectivity index (χ2v) is 4.85. The average Bonchev–Trinajstić information content (AvgIpc) is 2.95. The third-order valence-corrected chi connectivity index (χ3v) is 3.60. The Hall–Kier alpha value is -1.52. The van der Waals surface area contributed by atoms with Crippen molar-refractivity contribution in [1.82, 2.24) is 9.78 Å². The Morgan fingerprint density at radius 1 is 1.33 bits per heavy atom. The quantitative estimate of drug-likeness (QED) is 0.506. The van der Waals surface area contributed by atoms with Crippen molar-refractivity contribution in [3.8, 4) is 0 Å². The third kappa shape index (κ3) is 2.54. The molecule has 2 aromatic rings. The van der Waals surface area contributed by atoms with Gasteiger partial charge in [-0.3, -0.25) is 20.1 Å². The fraction of sp³-hybridized carbons (Fsp3) is 0.417. The maximum atomic E-state index is 14.1. The number of aromatic nitrogens is 2. The number of ether oxygens (including phenoxy) is 1. The van der Waals surface area contributed by atoms with E-state index in [0.29, 0.717) is 17.5 Å². The molecule has 1 atom stereocenters. The Morgan fingerprint density at radius 2 is 2.14 bits per heavy atom. The zero-order chi connectivity index (χ0) is 14.8. The number of rotatable bonds is 4. The highest BCUT2D eigenvalue weighted by molar-refractivity contribution is 6.63. The largest absolute Gasteiger partial charge is 0.559 e. The van der Waals surface area contributed by atoms with Crippen molar-refractivity contribution in [3.63, 3.8) is 0 Å². The zero-order valence-corrected chi connectivity index (χ0v) is 11.1. The van der Waals surface area contributed by atoms with Gasteiger partial charge in [0, 0.05) is 17.5 Å². The van der Waals surface area contributed by atoms with E-state index >= 15 is 0 Å². The molecule has 0 amide bonds. The molecular formula is C12H14BFN2O5. The molecule has 1 aromatic carbocycles. The molecule has 1 fully saturated rings. The molecule has 0 saturated carbocycles. The fourth-order valence-electron chi connectivity index (χ4n) is 2.63. The normalized spacial score (nSPS) is 19.1. The molecule has 2 heterocycles. The van der Waals surface area contributed by atoms with Crippen LogP contribution in [0.15, 0.2) is 18.3 Å². The van der Waals surface area contributed by atoms with E-state index in [0.717, 1.165) is 19.3 Å². The molecule has 0 spiro atoms. The maximum absolute atomic E-state index is 14.1. The van der Waals surface area contributed by atoms with Gasteiger partial charge < -0.3 is 4.74 Å². The van der Waals surface area contributed by atoms with E-state index in [1.165, 1.54) is 10.7 Å². The first-order chi connectivity index (χ1) is 10.3. The molecule has 1 aromatic heterocycles. The first kappa shape index (κ1) is 14.4. The molecule has 0 bridgehead atoms. The van der Waals surface area contributed by atoms with Crippen molar-refractivity contribution >= 4 is 23.5 Å². The number of hydrogen-bond acceptors (Lipinski definition) is 6. The van der Waals surface area contributed by atoms with E-state index < -0.39 is 12.9 Å². The second-order valence-electron chi connectivity index (χ2n) is 4.85. The van der Waals surface area contributed by atoms with Gasteiger partial charge in [-0.05, 0) is 31.4 Å². The summed E-state index contributed by atoms with van der Waals surface area (Å²) in [7, 11) is -1.66. The second kappa shape index (κ2) is 6.08. The lowest BCUT2D eigenvalue weighted by Gasteiger charge is -2.24. The van der Waals surface area contributed by atoms with Crippen molar-refractivity contribution in [2.45, 2.75) is 25.5 Å². The number of nitrogens with zero attached hydrogens (tertiary/aromatic N) is 2. The summed E-state index contributed by atoms with van der Waals surface area (Å²) >= 11 is 0. The van der Waals surface area contributed by atoms with Crippen LogP contribution in [0.25, 0.3) is 10.9 Å². The number of hydrogen-bond donors (Lipinski definition) is 2. The third-order valence-electron chi connectivity index (χ3n) is 3.60. The molecule has 21 heavy (non-hydrogen) atoms. The van der Waals surface area contributed by atoms with E-state index in [2.05, 4.69) is 14.7 Å². The first-order valence-corrected chi connectivity index (χ1v) is 6.64. The highest BCUT2D eigenvalue weighted by atomic mass is 19.1. The van der Waals surface area contributed by atoms with Crippen LogP contribution < -0.4 is 5.46 Å². The highest BCUT2D eigenvalue weighted by Crippen LogP contribution is 2.26. The smallest absolute Gasteiger partial charge is 0.356 e. The van der Waals surface area contributed by atoms with Gasteiger partial charge in [-0.25, -0.2) is 9.07 Å². The lowest BCUT2D eigenvalue weighted by atomic mass is 9.78. The average molecular weight is 296 g/mol. The van der Waals surface area contributed by atoms with Crippen molar-refractivity contribution in [2.24, 2.45) is 0 Å². The van der Waals surface area contributed by atoms with Crippen molar-refractivity contribution in [2.75, 3.05) is 6.61 Å². The monoisotopic (exact) mass is 296 g/mol. The Balaban J connectivity index is 2.15. The van der Waals surface area contributed by atoms with Gasteiger partial charge in [-0.15, -0.1) is 0 Å². The van der Waals surface area contributed by atoms with E-state index in [1.807, 2.05) is 0 Å². The lowest BCUT2D eigenvalue weighted by molar-refractivity contribution is -0.221. The van der Waals surface area contributed by atoms with Crippen LogP contribution in [0.4, 0.5) is 4.39 Å². The predicted molar refractivity (Wildman–Crippen MR) is 71.3 cm³/mol. The van der Waals surface area contributed by atoms with E-state index in [1.54, 1.807) is 12.3 Å². The van der Waals surface area contributed by atoms with Crippen LogP contribution in [-0.4, -0.2) is 34.0 Å². The Bertz CT molecular complexity index is 627. The molecule has 112 valence electrons. The number of halogens is 1. The molecule has 0 aliphatic carbocycles. The van der Waals surface area contributed by atoms with Crippen molar-refractivity contribution in [3.05, 3.63) is 24.1 Å². The Morgan fingerprint density at radius 3 is 2.81 bits per heavy atom. The highest BCUT2D eigenvalue weighted by Gasteiger charge is 2.32. The van der Waals surface area contributed by atoms with Crippen molar-refractivity contribution < 1.29 is 29.3 Å². The molecule has 1 saturated heterocycles. The lowest BCUT2D eigenvalue weighted by Crippen LogP contribution is -2.39. The van der Waals surface area contributed by atoms with Gasteiger partial charge in [0.15, 0.2) is 6.23 Å². The van der Waals surface area contributed by atoms with Crippen LogP contribution in [0, 0.1) is 5.82 Å². The predicted octanol–water partition coefficient (Wildman–Crippen LogP) is 1.55. The molecule has 2 N–H and O–H groups in total. The van der Waals surface area contributed by atoms with Crippen LogP contribution in [-0.2, 0) is 14.3 Å². The van der Waals surface area contributed by atoms with Crippen LogP contribution in [0.1, 0.15) is 25.5 Å². The molecular weight excluding hydrogens is 282 g/mol. The molecule has 1 aliphatic rings. The van der Waals surface area contributed by atoms with E-state index in [4.69, 9.17) is 15.3 Å². The van der Waals surface area contributed by atoms with Crippen LogP contribution >= 0.6 is 0 Å². The van der Waals surface area contributed by atoms with Crippen molar-refractivity contribution in [1.29, 1.82) is 0 Å². The van der Waals surface area contributed by atoms with E-state index in [-0.39, 0.29) is 11.7 Å². The topological polar surface area (TPSA) is 86.0 Å². The summed E-state index contributed by atoms with van der Waals surface area (Å²) in [5.74, 6) is -0.687. The van der Waals surface area contributed by atoms with E-state index in [9.17, 15) is 4.39 Å². The summed E-state index contributed by atoms with van der Waals surface area (Å²) in [6, 6.07) is 2.74. The zero-order valence-electron chi connectivity index (χ0n) is 11.1. The first-order valence-electron chi connectivity index (χ1n) is 6.64. The van der Waals surface area contributed by atoms with Gasteiger partial charge in [0.2, 0.25) is 0 Å². The summed E-state index contributed by atoms with van der Waals surface area (Å²) in [5, 5.41) is 22.4. The minimum Gasteiger partial charge on any atom is -0.356 e. The van der Waals surface area contributed by atoms with Crippen LogP contribution in [0.2, 0.25) is 0 Å². The fourth-order valence-corrected chi connectivity index (χ4v) is 2.63. The van der Waals surface area contributed by atoms with Gasteiger partial charge in [-0.2, -0.15) is 5.10 Å². The molecule has 0 radical (unpaired) electrons. The Labute approximate surface area is 119 Å². The maximum Gasteiger partial charge on any atom is 0.559 e. The summed E-state index contributed by atoms with van der Waals surface area (Å²) in [4.78, 5) is 7.98. The summed E-state index contributed by atoms with van der Waals surface area (Å²) in [5.41, 5.74) is 0.221. The molecule has 7 nitrogen and oxygen atoms in total. The molecule has 9 heteroatoms. The summed E-state index contributed by atoms with van der Waals surface area (Å²) < 4.78 is 21.3. The van der Waals surface area contributed by atoms with Crippen LogP contribution in [0.3, 0.4) is 0 Å². The Kier molecular flexibility index (Phi) is 4.18. The molecule has 1 unspecified atom stereocenters. The molecule has 3 rings (SSSR count). The standard InChI is InChI=1S/C12H14BFN2O5/c14-9-5-4-8-7-15-16(10-3-1-2-6-19-10)12(8)11(9)13(20-17)21-18/h4-5,7,10,17-18H,1-3,6H2. The summed E-state index contributed by atoms with van der Waals surface area (Å²) in [6.45, 7) is 0.604. The van der Waals surface area contributed by atoms with Gasteiger partial charge >= 0.3 is 7.12 Å². The van der Waals surface area contributed by atoms with Crippen LogP contribution in [0.5, 0.6) is 0 Å². The minimum atomic E-state index is -1.66. The number of benzene rings is 1. The van der Waals surface area contributed by atoms with Gasteiger partial charge in [0.05, 0.1) is 11.7 Å². The van der Waals surface area contributed by atoms with Gasteiger partial charge in [-0.1, -0.05) is 0 Å².